The lowest BCUT2D eigenvalue weighted by atomic mass is 9.93. The molecular weight excluding hydrogens is 488 g/mol. The topological polar surface area (TPSA) is 47.3 Å². The standard InChI is InChI=1S/C23H14F8N2O2/c24-15-2-4-17(5-3-15)33-19-6-1-13(7-12(19)11-32-33)22(34,20(26)27)21(28)35-18-9-14(23(29,30)31)8-16(25)10-18/h1-11,20-21,34H. The molecule has 35 heavy (non-hydrogen) atoms. The molecule has 4 nitrogen and oxygen atoms in total. The molecule has 4 aromatic rings. The van der Waals surface area contributed by atoms with E-state index in [1.54, 1.807) is 0 Å². The van der Waals surface area contributed by atoms with Crippen LogP contribution in [0.3, 0.4) is 0 Å². The summed E-state index contributed by atoms with van der Waals surface area (Å²) in [5.74, 6) is -2.99. The van der Waals surface area contributed by atoms with E-state index in [9.17, 15) is 40.2 Å². The molecule has 2 atom stereocenters. The number of aliphatic hydroxyl groups is 1. The Bertz CT molecular complexity index is 1350. The molecule has 0 saturated carbocycles. The summed E-state index contributed by atoms with van der Waals surface area (Å²) in [6, 6.07) is 9.06. The molecule has 0 aliphatic heterocycles. The van der Waals surface area contributed by atoms with Gasteiger partial charge in [-0.2, -0.15) is 22.7 Å². The molecule has 0 saturated heterocycles. The van der Waals surface area contributed by atoms with Crippen molar-refractivity contribution < 1.29 is 45.0 Å². The van der Waals surface area contributed by atoms with Crippen molar-refractivity contribution >= 4 is 10.9 Å². The van der Waals surface area contributed by atoms with Crippen LogP contribution in [0, 0.1) is 11.6 Å². The van der Waals surface area contributed by atoms with Crippen LogP contribution in [-0.4, -0.2) is 27.7 Å². The van der Waals surface area contributed by atoms with Gasteiger partial charge in [0.2, 0.25) is 5.60 Å². The molecule has 1 heterocycles. The van der Waals surface area contributed by atoms with Crippen molar-refractivity contribution in [2.24, 2.45) is 0 Å². The first kappa shape index (κ1) is 24.5. The van der Waals surface area contributed by atoms with Crippen LogP contribution in [0.5, 0.6) is 5.75 Å². The normalized spacial score (nSPS) is 14.8. The Morgan fingerprint density at radius 2 is 1.51 bits per heavy atom. The summed E-state index contributed by atoms with van der Waals surface area (Å²) in [5.41, 5.74) is -5.06. The van der Waals surface area contributed by atoms with Crippen LogP contribution < -0.4 is 4.74 Å². The van der Waals surface area contributed by atoms with Gasteiger partial charge in [-0.3, -0.25) is 0 Å². The van der Waals surface area contributed by atoms with Crippen molar-refractivity contribution in [3.8, 4) is 11.4 Å². The number of nitrogens with zero attached hydrogens (tertiary/aromatic N) is 2. The van der Waals surface area contributed by atoms with Crippen LogP contribution in [0.25, 0.3) is 16.6 Å². The number of hydrogen-bond donors (Lipinski definition) is 1. The van der Waals surface area contributed by atoms with E-state index in [0.29, 0.717) is 17.3 Å². The van der Waals surface area contributed by atoms with Gasteiger partial charge in [-0.1, -0.05) is 6.07 Å². The molecule has 0 aliphatic carbocycles. The first-order valence-electron chi connectivity index (χ1n) is 9.83. The van der Waals surface area contributed by atoms with Gasteiger partial charge in [0.25, 0.3) is 12.8 Å². The molecule has 0 fully saturated rings. The van der Waals surface area contributed by atoms with Crippen LogP contribution >= 0.6 is 0 Å². The fourth-order valence-electron chi connectivity index (χ4n) is 3.43. The molecule has 12 heteroatoms. The summed E-state index contributed by atoms with van der Waals surface area (Å²) < 4.78 is 114. The third kappa shape index (κ3) is 4.65. The van der Waals surface area contributed by atoms with Gasteiger partial charge >= 0.3 is 6.18 Å². The van der Waals surface area contributed by atoms with Crippen LogP contribution in [0.4, 0.5) is 35.1 Å². The van der Waals surface area contributed by atoms with Crippen LogP contribution in [0.1, 0.15) is 11.1 Å². The quantitative estimate of drug-likeness (QED) is 0.322. The average Bonchev–Trinajstić information content (AvgIpc) is 3.21. The number of benzene rings is 3. The molecule has 0 bridgehead atoms. The lowest BCUT2D eigenvalue weighted by Crippen LogP contribution is -2.46. The van der Waals surface area contributed by atoms with Gasteiger partial charge in [0, 0.05) is 11.5 Å². The van der Waals surface area contributed by atoms with Gasteiger partial charge in [0.05, 0.1) is 23.0 Å². The van der Waals surface area contributed by atoms with E-state index >= 15 is 0 Å². The highest BCUT2D eigenvalue weighted by Gasteiger charge is 2.50. The van der Waals surface area contributed by atoms with Gasteiger partial charge < -0.3 is 9.84 Å². The fraction of sp³-hybridized carbons (Fsp3) is 0.174. The Morgan fingerprint density at radius 1 is 0.829 bits per heavy atom. The molecule has 2 unspecified atom stereocenters. The van der Waals surface area contributed by atoms with Crippen molar-refractivity contribution in [3.63, 3.8) is 0 Å². The Labute approximate surface area is 192 Å². The second-order valence-corrected chi connectivity index (χ2v) is 7.54. The van der Waals surface area contributed by atoms with Gasteiger partial charge in [0.1, 0.15) is 17.4 Å². The van der Waals surface area contributed by atoms with Crippen LogP contribution in [-0.2, 0) is 11.8 Å². The molecule has 1 N–H and O–H groups in total. The van der Waals surface area contributed by atoms with Crippen molar-refractivity contribution in [2.45, 2.75) is 24.6 Å². The number of alkyl halides is 6. The molecule has 0 amide bonds. The van der Waals surface area contributed by atoms with Crippen LogP contribution in [0.2, 0.25) is 0 Å². The fourth-order valence-corrected chi connectivity index (χ4v) is 3.43. The van der Waals surface area contributed by atoms with Crippen molar-refractivity contribution in [1.29, 1.82) is 0 Å². The monoisotopic (exact) mass is 502 g/mol. The predicted molar refractivity (Wildman–Crippen MR) is 108 cm³/mol. The van der Waals surface area contributed by atoms with Gasteiger partial charge in [-0.15, -0.1) is 0 Å². The summed E-state index contributed by atoms with van der Waals surface area (Å²) >= 11 is 0. The second-order valence-electron chi connectivity index (χ2n) is 7.54. The number of halogens is 8. The summed E-state index contributed by atoms with van der Waals surface area (Å²) in [6.45, 7) is 0. The largest absolute Gasteiger partial charge is 0.457 e. The van der Waals surface area contributed by atoms with E-state index in [1.165, 1.54) is 41.2 Å². The zero-order chi connectivity index (χ0) is 25.5. The van der Waals surface area contributed by atoms with Crippen molar-refractivity contribution in [3.05, 3.63) is 89.6 Å². The zero-order valence-corrected chi connectivity index (χ0v) is 17.3. The maximum Gasteiger partial charge on any atom is 0.416 e. The Balaban J connectivity index is 1.70. The molecule has 3 aromatic carbocycles. The van der Waals surface area contributed by atoms with E-state index in [2.05, 4.69) is 9.84 Å². The number of rotatable bonds is 6. The van der Waals surface area contributed by atoms with Crippen molar-refractivity contribution in [2.75, 3.05) is 0 Å². The summed E-state index contributed by atoms with van der Waals surface area (Å²) in [5, 5.41) is 14.8. The Kier molecular flexibility index (Phi) is 6.18. The predicted octanol–water partition coefficient (Wildman–Crippen LogP) is 6.15. The highest BCUT2D eigenvalue weighted by molar-refractivity contribution is 5.81. The maximum atomic E-state index is 14.9. The molecule has 4 rings (SSSR count). The maximum absolute atomic E-state index is 14.9. The van der Waals surface area contributed by atoms with Gasteiger partial charge in [0.15, 0.2) is 0 Å². The Hall–Kier alpha value is -3.67. The highest BCUT2D eigenvalue weighted by Crippen LogP contribution is 2.38. The summed E-state index contributed by atoms with van der Waals surface area (Å²) in [7, 11) is 0. The SMILES string of the molecule is OC(c1ccc2c(cnn2-c2ccc(F)cc2)c1)(C(F)F)C(F)Oc1cc(F)cc(C(F)(F)F)c1. The summed E-state index contributed by atoms with van der Waals surface area (Å²) in [6.07, 6.45) is -10.9. The highest BCUT2D eigenvalue weighted by atomic mass is 19.4. The van der Waals surface area contributed by atoms with Gasteiger partial charge in [-0.25, -0.2) is 22.2 Å². The average molecular weight is 502 g/mol. The third-order valence-electron chi connectivity index (χ3n) is 5.22. The number of hydrogen-bond acceptors (Lipinski definition) is 3. The van der Waals surface area contributed by atoms with E-state index < -0.39 is 53.1 Å². The molecular formula is C23H14F8N2O2. The Morgan fingerprint density at radius 3 is 2.14 bits per heavy atom. The minimum absolute atomic E-state index is 0.117. The van der Waals surface area contributed by atoms with Crippen molar-refractivity contribution in [1.82, 2.24) is 9.78 Å². The molecule has 184 valence electrons. The summed E-state index contributed by atoms with van der Waals surface area (Å²) in [4.78, 5) is 0. The lowest BCUT2D eigenvalue weighted by molar-refractivity contribution is -0.201. The smallest absolute Gasteiger partial charge is 0.416 e. The lowest BCUT2D eigenvalue weighted by Gasteiger charge is -2.31. The van der Waals surface area contributed by atoms with E-state index in [-0.39, 0.29) is 17.5 Å². The second kappa shape index (κ2) is 8.84. The number of fused-ring (bicyclic) bond motifs is 1. The first-order chi connectivity index (χ1) is 16.4. The first-order valence-corrected chi connectivity index (χ1v) is 9.83. The molecule has 0 radical (unpaired) electrons. The molecule has 0 spiro atoms. The minimum Gasteiger partial charge on any atom is -0.457 e. The zero-order valence-electron chi connectivity index (χ0n) is 17.3. The molecule has 1 aromatic heterocycles. The number of aromatic nitrogens is 2. The van der Waals surface area contributed by atoms with Crippen LogP contribution in [0.15, 0.2) is 66.9 Å². The number of ether oxygens (including phenoxy) is 1. The van der Waals surface area contributed by atoms with E-state index in [4.69, 9.17) is 0 Å². The van der Waals surface area contributed by atoms with E-state index in [0.717, 1.165) is 12.1 Å². The molecule has 0 aliphatic rings. The third-order valence-corrected chi connectivity index (χ3v) is 5.22. The van der Waals surface area contributed by atoms with Gasteiger partial charge in [-0.05, 0) is 54.1 Å². The van der Waals surface area contributed by atoms with E-state index in [1.807, 2.05) is 0 Å². The minimum atomic E-state index is -5.01.